The van der Waals surface area contributed by atoms with Crippen LogP contribution in [0.2, 0.25) is 0 Å². The van der Waals surface area contributed by atoms with E-state index < -0.39 is 54.7 Å². The standard InChI is InChI=1S/C43H79N7O8/c1-3-4-5-6-7-8-9-10-11-12-13-14-15-16-17-18-19-20-21-22-23-24-25-26-27-31-50(35(2)51)34-39(53)48-36(29-28-30-46-43(44)45)41(56)47-33-38(52)49-37(42(57)58)32-40(54)55/h24-25,36-37H,3-23,26-34H2,1-2H3,(H,47,56)(H,48,53)(H,49,52)(H,54,55)(H,57,58)(H4,44,45,46). The van der Waals surface area contributed by atoms with Crippen LogP contribution in [0.25, 0.3) is 0 Å². The molecule has 9 N–H and O–H groups in total. The van der Waals surface area contributed by atoms with E-state index in [4.69, 9.17) is 21.4 Å². The van der Waals surface area contributed by atoms with Crippen molar-refractivity contribution in [3.63, 3.8) is 0 Å². The molecule has 0 saturated heterocycles. The number of unbranched alkanes of at least 4 members (excludes halogenated alkanes) is 21. The molecule has 0 aliphatic carbocycles. The topological polar surface area (TPSA) is 244 Å². The van der Waals surface area contributed by atoms with Gasteiger partial charge in [0.2, 0.25) is 23.6 Å². The van der Waals surface area contributed by atoms with Crippen LogP contribution < -0.4 is 27.0 Å². The van der Waals surface area contributed by atoms with Crippen molar-refractivity contribution in [3.05, 3.63) is 12.2 Å². The molecule has 0 aromatic heterocycles. The molecule has 0 fully saturated rings. The van der Waals surface area contributed by atoms with Gasteiger partial charge in [-0.3, -0.25) is 29.4 Å². The van der Waals surface area contributed by atoms with Gasteiger partial charge in [-0.25, -0.2) is 4.79 Å². The lowest BCUT2D eigenvalue weighted by Gasteiger charge is -2.23. The maximum Gasteiger partial charge on any atom is 0.326 e. The van der Waals surface area contributed by atoms with Crippen molar-refractivity contribution in [1.29, 1.82) is 5.41 Å². The number of nitrogens with zero attached hydrogens (tertiary/aromatic N) is 1. The molecule has 0 heterocycles. The lowest BCUT2D eigenvalue weighted by Crippen LogP contribution is -2.52. The maximum absolute atomic E-state index is 12.9. The highest BCUT2D eigenvalue weighted by Crippen LogP contribution is 2.15. The third-order valence-electron chi connectivity index (χ3n) is 10.0. The Kier molecular flexibility index (Phi) is 34.5. The van der Waals surface area contributed by atoms with Crippen LogP contribution in [-0.2, 0) is 28.8 Å². The van der Waals surface area contributed by atoms with Crippen LogP contribution >= 0.6 is 0 Å². The van der Waals surface area contributed by atoms with Gasteiger partial charge < -0.3 is 42.1 Å². The van der Waals surface area contributed by atoms with Gasteiger partial charge in [0.15, 0.2) is 5.96 Å². The predicted molar refractivity (Wildman–Crippen MR) is 229 cm³/mol. The fraction of sp³-hybridized carbons (Fsp3) is 0.791. The van der Waals surface area contributed by atoms with Crippen LogP contribution in [0.15, 0.2) is 12.2 Å². The molecule has 58 heavy (non-hydrogen) atoms. The Hall–Kier alpha value is -4.17. The number of hydrogen-bond acceptors (Lipinski definition) is 7. The van der Waals surface area contributed by atoms with E-state index in [1.807, 2.05) is 5.32 Å². The Bertz CT molecular complexity index is 1200. The number of carbonyl (C=O) groups is 6. The van der Waals surface area contributed by atoms with E-state index in [1.165, 1.54) is 134 Å². The fourth-order valence-corrected chi connectivity index (χ4v) is 6.62. The SMILES string of the molecule is CCCCCCCCCCCCCCCCCCCCCCC=CCCCN(CC(=O)NC(CCCNC(=N)N)C(=O)NCC(=O)NC(CC(=O)O)C(=O)O)C(C)=O. The number of carbonyl (C=O) groups excluding carboxylic acids is 4. The second-order valence-electron chi connectivity index (χ2n) is 15.4. The summed E-state index contributed by atoms with van der Waals surface area (Å²) in [6, 6.07) is -2.80. The minimum atomic E-state index is -1.68. The molecule has 2 atom stereocenters. The Morgan fingerprint density at radius 1 is 0.638 bits per heavy atom. The molecule has 0 aliphatic heterocycles. The van der Waals surface area contributed by atoms with Crippen LogP contribution in [0, 0.1) is 5.41 Å². The molecule has 15 nitrogen and oxygen atoms in total. The van der Waals surface area contributed by atoms with Crippen molar-refractivity contribution in [2.75, 3.05) is 26.2 Å². The number of rotatable bonds is 39. The highest BCUT2D eigenvalue weighted by molar-refractivity contribution is 5.93. The van der Waals surface area contributed by atoms with Gasteiger partial charge in [0.1, 0.15) is 12.1 Å². The van der Waals surface area contributed by atoms with Crippen molar-refractivity contribution in [2.45, 2.75) is 193 Å². The molecule has 0 bridgehead atoms. The number of amides is 4. The molecule has 0 aromatic carbocycles. The van der Waals surface area contributed by atoms with E-state index in [0.717, 1.165) is 19.3 Å². The van der Waals surface area contributed by atoms with Crippen molar-refractivity contribution in [2.24, 2.45) is 5.73 Å². The molecule has 334 valence electrons. The number of guanidine groups is 1. The Morgan fingerprint density at radius 3 is 1.55 bits per heavy atom. The Morgan fingerprint density at radius 2 is 1.10 bits per heavy atom. The zero-order valence-corrected chi connectivity index (χ0v) is 35.9. The highest BCUT2D eigenvalue weighted by Gasteiger charge is 2.25. The summed E-state index contributed by atoms with van der Waals surface area (Å²) in [5.41, 5.74) is 5.30. The summed E-state index contributed by atoms with van der Waals surface area (Å²) < 4.78 is 0. The van der Waals surface area contributed by atoms with Crippen LogP contribution in [0.5, 0.6) is 0 Å². The van der Waals surface area contributed by atoms with Crippen LogP contribution in [0.1, 0.15) is 181 Å². The quantitative estimate of drug-likeness (QED) is 0.0149. The summed E-state index contributed by atoms with van der Waals surface area (Å²) in [5, 5.41) is 34.8. The van der Waals surface area contributed by atoms with E-state index in [-0.39, 0.29) is 31.4 Å². The zero-order valence-electron chi connectivity index (χ0n) is 35.9. The van der Waals surface area contributed by atoms with E-state index in [1.54, 1.807) is 0 Å². The van der Waals surface area contributed by atoms with Gasteiger partial charge in [0.05, 0.1) is 19.5 Å². The first-order valence-electron chi connectivity index (χ1n) is 22.2. The smallest absolute Gasteiger partial charge is 0.326 e. The van der Waals surface area contributed by atoms with Crippen molar-refractivity contribution >= 4 is 41.5 Å². The Balaban J connectivity index is 4.29. The maximum atomic E-state index is 12.9. The summed E-state index contributed by atoms with van der Waals surface area (Å²) in [4.78, 5) is 73.9. The molecule has 2 unspecified atom stereocenters. The lowest BCUT2D eigenvalue weighted by molar-refractivity contribution is -0.147. The second kappa shape index (κ2) is 37.1. The van der Waals surface area contributed by atoms with Crippen molar-refractivity contribution < 1.29 is 39.0 Å². The first kappa shape index (κ1) is 53.8. The normalized spacial score (nSPS) is 12.1. The molecule has 0 saturated carbocycles. The van der Waals surface area contributed by atoms with Crippen LogP contribution in [0.3, 0.4) is 0 Å². The molecule has 0 aromatic rings. The van der Waals surface area contributed by atoms with E-state index in [2.05, 4.69) is 35.0 Å². The van der Waals surface area contributed by atoms with E-state index in [9.17, 15) is 28.8 Å². The van der Waals surface area contributed by atoms with E-state index in [0.29, 0.717) is 19.4 Å². The zero-order chi connectivity index (χ0) is 43.2. The fourth-order valence-electron chi connectivity index (χ4n) is 6.62. The number of nitrogens with one attached hydrogen (secondary N) is 5. The highest BCUT2D eigenvalue weighted by atomic mass is 16.4. The summed E-state index contributed by atoms with van der Waals surface area (Å²) in [6.45, 7) is 3.30. The van der Waals surface area contributed by atoms with Gasteiger partial charge in [-0.1, -0.05) is 141 Å². The number of carboxylic acids is 2. The van der Waals surface area contributed by atoms with Gasteiger partial charge in [-0.15, -0.1) is 0 Å². The number of carboxylic acid groups (broad SMARTS) is 2. The summed E-state index contributed by atoms with van der Waals surface area (Å²) >= 11 is 0. The molecular weight excluding hydrogens is 743 g/mol. The lowest BCUT2D eigenvalue weighted by atomic mass is 10.0. The predicted octanol–water partition coefficient (Wildman–Crippen LogP) is 6.29. The molecule has 0 radical (unpaired) electrons. The number of hydrogen-bond donors (Lipinski definition) is 8. The first-order valence-corrected chi connectivity index (χ1v) is 22.2. The molecule has 0 aliphatic rings. The van der Waals surface area contributed by atoms with Gasteiger partial charge >= 0.3 is 11.9 Å². The van der Waals surface area contributed by atoms with Gasteiger partial charge in [-0.05, 0) is 38.5 Å². The van der Waals surface area contributed by atoms with Gasteiger partial charge in [0, 0.05) is 20.0 Å². The number of aliphatic carboxylic acids is 2. The first-order chi connectivity index (χ1) is 27.9. The molecule has 15 heteroatoms. The summed E-state index contributed by atoms with van der Waals surface area (Å²) in [6.07, 6.45) is 33.6. The monoisotopic (exact) mass is 822 g/mol. The molecule has 0 rings (SSSR count). The average Bonchev–Trinajstić information content (AvgIpc) is 3.16. The second-order valence-corrected chi connectivity index (χ2v) is 15.4. The van der Waals surface area contributed by atoms with Crippen molar-refractivity contribution in [3.8, 4) is 0 Å². The van der Waals surface area contributed by atoms with Crippen LogP contribution in [0.4, 0.5) is 0 Å². The summed E-state index contributed by atoms with van der Waals surface area (Å²) in [5.74, 6) is -5.77. The number of nitrogens with two attached hydrogens (primary N) is 1. The molecule has 4 amide bonds. The van der Waals surface area contributed by atoms with E-state index >= 15 is 0 Å². The third-order valence-corrected chi connectivity index (χ3v) is 10.0. The average molecular weight is 822 g/mol. The number of allylic oxidation sites excluding steroid dienone is 2. The third kappa shape index (κ3) is 33.9. The minimum absolute atomic E-state index is 0.0979. The molecule has 0 spiro atoms. The largest absolute Gasteiger partial charge is 0.481 e. The van der Waals surface area contributed by atoms with Crippen LogP contribution in [-0.4, -0.2) is 94.9 Å². The molecular formula is C43H79N7O8. The van der Waals surface area contributed by atoms with Gasteiger partial charge in [-0.2, -0.15) is 0 Å². The Labute approximate surface area is 348 Å². The van der Waals surface area contributed by atoms with Gasteiger partial charge in [0.25, 0.3) is 0 Å². The minimum Gasteiger partial charge on any atom is -0.481 e. The van der Waals surface area contributed by atoms with Crippen molar-refractivity contribution in [1.82, 2.24) is 26.2 Å². The summed E-state index contributed by atoms with van der Waals surface area (Å²) in [7, 11) is 0.